The number of carbonyl (C=O) groups excluding carboxylic acids is 1. The molecular formula is C24H28BrN9O. The fraction of sp³-hybridized carbons (Fsp3) is 0.375. The summed E-state index contributed by atoms with van der Waals surface area (Å²) in [6, 6.07) is 5.98. The lowest BCUT2D eigenvalue weighted by molar-refractivity contribution is -0.111. The quantitative estimate of drug-likeness (QED) is 0.459. The van der Waals surface area contributed by atoms with Crippen LogP contribution in [0.5, 0.6) is 0 Å². The van der Waals surface area contributed by atoms with Gasteiger partial charge in [-0.3, -0.25) is 4.79 Å². The summed E-state index contributed by atoms with van der Waals surface area (Å²) in [4.78, 5) is 37.3. The van der Waals surface area contributed by atoms with Gasteiger partial charge in [-0.15, -0.1) is 0 Å². The Balaban J connectivity index is 1.44. The van der Waals surface area contributed by atoms with Crippen LogP contribution in [0.4, 0.5) is 23.4 Å². The molecule has 11 heteroatoms. The van der Waals surface area contributed by atoms with Crippen molar-refractivity contribution in [3.8, 4) is 0 Å². The van der Waals surface area contributed by atoms with Gasteiger partial charge in [0.2, 0.25) is 17.8 Å². The Morgan fingerprint density at radius 3 is 2.63 bits per heavy atom. The van der Waals surface area contributed by atoms with Crippen molar-refractivity contribution in [1.82, 2.24) is 24.8 Å². The summed E-state index contributed by atoms with van der Waals surface area (Å²) in [5.41, 5.74) is 1.49. The average molecular weight is 538 g/mol. The molecule has 3 aromatic rings. The fourth-order valence-corrected chi connectivity index (χ4v) is 4.61. The Labute approximate surface area is 212 Å². The standard InChI is InChI=1S/C24H28BrN9O/c1-3-21(35)28-17-4-5-19-20(12-17)30-24(33-10-8-32(2)9-11-33)31-22(19)34-7-6-18(15-34)29-23-26-13-16(25)14-27-23/h3-5,12-14,18H,1,6-11,15H2,2H3,(H,28,35)(H,26,27,29)/t18-/m1/s1. The van der Waals surface area contributed by atoms with E-state index in [1.807, 2.05) is 18.2 Å². The zero-order valence-electron chi connectivity index (χ0n) is 19.6. The summed E-state index contributed by atoms with van der Waals surface area (Å²) >= 11 is 3.38. The number of fused-ring (bicyclic) bond motifs is 1. The monoisotopic (exact) mass is 537 g/mol. The molecule has 2 aliphatic rings. The number of nitrogens with one attached hydrogen (secondary N) is 2. The summed E-state index contributed by atoms with van der Waals surface area (Å²) in [7, 11) is 2.13. The van der Waals surface area contributed by atoms with Crippen molar-refractivity contribution < 1.29 is 4.79 Å². The van der Waals surface area contributed by atoms with E-state index >= 15 is 0 Å². The molecule has 35 heavy (non-hydrogen) atoms. The van der Waals surface area contributed by atoms with Crippen molar-refractivity contribution >= 4 is 56.1 Å². The predicted octanol–water partition coefficient (Wildman–Crippen LogP) is 2.75. The van der Waals surface area contributed by atoms with Crippen LogP contribution in [0.15, 0.2) is 47.7 Å². The van der Waals surface area contributed by atoms with Crippen molar-refractivity contribution in [2.24, 2.45) is 0 Å². The van der Waals surface area contributed by atoms with Gasteiger partial charge in [0.15, 0.2) is 0 Å². The van der Waals surface area contributed by atoms with Crippen molar-refractivity contribution in [3.05, 3.63) is 47.7 Å². The smallest absolute Gasteiger partial charge is 0.247 e. The Hall–Kier alpha value is -3.31. The van der Waals surface area contributed by atoms with Gasteiger partial charge in [0.1, 0.15) is 5.82 Å². The molecule has 5 rings (SSSR count). The highest BCUT2D eigenvalue weighted by atomic mass is 79.9. The second kappa shape index (κ2) is 10.1. The van der Waals surface area contributed by atoms with Crippen molar-refractivity contribution in [2.75, 3.05) is 66.7 Å². The largest absolute Gasteiger partial charge is 0.354 e. The van der Waals surface area contributed by atoms with Crippen LogP contribution in [0.25, 0.3) is 10.9 Å². The minimum Gasteiger partial charge on any atom is -0.354 e. The molecule has 0 unspecified atom stereocenters. The first kappa shape index (κ1) is 23.4. The zero-order chi connectivity index (χ0) is 24.4. The van der Waals surface area contributed by atoms with E-state index in [0.29, 0.717) is 11.6 Å². The molecule has 2 fully saturated rings. The van der Waals surface area contributed by atoms with E-state index < -0.39 is 0 Å². The molecular weight excluding hydrogens is 510 g/mol. The van der Waals surface area contributed by atoms with Crippen LogP contribution in [0.2, 0.25) is 0 Å². The summed E-state index contributed by atoms with van der Waals surface area (Å²) in [5, 5.41) is 7.23. The lowest BCUT2D eigenvalue weighted by Crippen LogP contribution is -2.45. The number of hydrogen-bond donors (Lipinski definition) is 2. The number of likely N-dealkylation sites (N-methyl/N-ethyl adjacent to an activating group) is 1. The maximum atomic E-state index is 11.8. The van der Waals surface area contributed by atoms with Gasteiger partial charge in [-0.25, -0.2) is 15.0 Å². The second-order valence-corrected chi connectivity index (χ2v) is 9.78. The number of piperazine rings is 1. The van der Waals surface area contributed by atoms with E-state index in [4.69, 9.17) is 9.97 Å². The second-order valence-electron chi connectivity index (χ2n) is 8.86. The summed E-state index contributed by atoms with van der Waals surface area (Å²) < 4.78 is 0.851. The number of carbonyl (C=O) groups is 1. The maximum absolute atomic E-state index is 11.8. The molecule has 2 saturated heterocycles. The van der Waals surface area contributed by atoms with E-state index in [1.54, 1.807) is 12.4 Å². The number of amides is 1. The molecule has 0 aliphatic carbocycles. The lowest BCUT2D eigenvalue weighted by Gasteiger charge is -2.33. The Kier molecular flexibility index (Phi) is 6.78. The van der Waals surface area contributed by atoms with E-state index in [9.17, 15) is 4.79 Å². The highest BCUT2D eigenvalue weighted by Crippen LogP contribution is 2.31. The van der Waals surface area contributed by atoms with Gasteiger partial charge in [0.05, 0.1) is 9.99 Å². The minimum atomic E-state index is -0.249. The Morgan fingerprint density at radius 2 is 1.89 bits per heavy atom. The number of benzene rings is 1. The first-order valence-corrected chi connectivity index (χ1v) is 12.5. The van der Waals surface area contributed by atoms with Crippen LogP contribution in [0.1, 0.15) is 6.42 Å². The molecule has 0 bridgehead atoms. The Morgan fingerprint density at radius 1 is 1.11 bits per heavy atom. The fourth-order valence-electron chi connectivity index (χ4n) is 4.40. The molecule has 1 aromatic carbocycles. The van der Waals surface area contributed by atoms with Gasteiger partial charge in [0.25, 0.3) is 0 Å². The van der Waals surface area contributed by atoms with Crippen LogP contribution < -0.4 is 20.4 Å². The van der Waals surface area contributed by atoms with Gasteiger partial charge in [0, 0.05) is 68.8 Å². The van der Waals surface area contributed by atoms with Crippen LogP contribution in [-0.2, 0) is 4.79 Å². The van der Waals surface area contributed by atoms with Crippen LogP contribution >= 0.6 is 15.9 Å². The molecule has 0 spiro atoms. The first-order valence-electron chi connectivity index (χ1n) is 11.7. The van der Waals surface area contributed by atoms with Crippen LogP contribution in [0.3, 0.4) is 0 Å². The molecule has 0 radical (unpaired) electrons. The molecule has 4 heterocycles. The molecule has 182 valence electrons. The summed E-state index contributed by atoms with van der Waals surface area (Å²) in [5.74, 6) is 2.00. The molecule has 2 N–H and O–H groups in total. The van der Waals surface area contributed by atoms with Crippen molar-refractivity contribution in [1.29, 1.82) is 0 Å². The number of halogens is 1. The van der Waals surface area contributed by atoms with E-state index in [1.165, 1.54) is 6.08 Å². The van der Waals surface area contributed by atoms with Crippen LogP contribution in [0, 0.1) is 0 Å². The lowest BCUT2D eigenvalue weighted by atomic mass is 10.2. The third kappa shape index (κ3) is 5.35. The molecule has 10 nitrogen and oxygen atoms in total. The summed E-state index contributed by atoms with van der Waals surface area (Å²) in [6.07, 6.45) is 5.69. The van der Waals surface area contributed by atoms with Crippen molar-refractivity contribution in [2.45, 2.75) is 12.5 Å². The third-order valence-electron chi connectivity index (χ3n) is 6.35. The molecule has 2 aliphatic heterocycles. The number of rotatable bonds is 6. The minimum absolute atomic E-state index is 0.208. The SMILES string of the molecule is C=CC(=O)Nc1ccc2c(N3CC[C@@H](Nc4ncc(Br)cn4)C3)nc(N3CCN(C)CC3)nc2c1. The molecule has 1 amide bonds. The highest BCUT2D eigenvalue weighted by molar-refractivity contribution is 9.10. The van der Waals surface area contributed by atoms with E-state index in [2.05, 4.69) is 64.9 Å². The average Bonchev–Trinajstić information content (AvgIpc) is 3.33. The number of anilines is 4. The molecule has 0 saturated carbocycles. The summed E-state index contributed by atoms with van der Waals surface area (Å²) in [6.45, 7) is 8.86. The first-order chi connectivity index (χ1) is 17.0. The highest BCUT2D eigenvalue weighted by Gasteiger charge is 2.27. The third-order valence-corrected chi connectivity index (χ3v) is 6.75. The number of nitrogens with zero attached hydrogens (tertiary/aromatic N) is 7. The van der Waals surface area contributed by atoms with E-state index in [-0.39, 0.29) is 11.9 Å². The topological polar surface area (TPSA) is 102 Å². The van der Waals surface area contributed by atoms with Gasteiger partial charge < -0.3 is 25.3 Å². The molecule has 2 aromatic heterocycles. The van der Waals surface area contributed by atoms with Gasteiger partial charge >= 0.3 is 0 Å². The zero-order valence-corrected chi connectivity index (χ0v) is 21.2. The van der Waals surface area contributed by atoms with Crippen LogP contribution in [-0.4, -0.2) is 83.1 Å². The van der Waals surface area contributed by atoms with E-state index in [0.717, 1.165) is 72.8 Å². The van der Waals surface area contributed by atoms with Gasteiger partial charge in [-0.2, -0.15) is 4.98 Å². The number of hydrogen-bond acceptors (Lipinski definition) is 9. The van der Waals surface area contributed by atoms with Crippen molar-refractivity contribution in [3.63, 3.8) is 0 Å². The normalized spacial score (nSPS) is 18.6. The predicted molar refractivity (Wildman–Crippen MR) is 142 cm³/mol. The number of aromatic nitrogens is 4. The molecule has 1 atom stereocenters. The van der Waals surface area contributed by atoms with Gasteiger partial charge in [-0.05, 0) is 53.7 Å². The maximum Gasteiger partial charge on any atom is 0.247 e. The van der Waals surface area contributed by atoms with Gasteiger partial charge in [-0.1, -0.05) is 6.58 Å². The Bertz CT molecular complexity index is 1230.